The number of amides is 3. The molecule has 24 heavy (non-hydrogen) atoms. The molecule has 4 N–H and O–H groups in total. The average Bonchev–Trinajstić information content (AvgIpc) is 3.09. The van der Waals surface area contributed by atoms with E-state index >= 15 is 0 Å². The molecule has 6 nitrogen and oxygen atoms in total. The second-order valence-corrected chi connectivity index (χ2v) is 8.70. The molecule has 0 aliphatic carbocycles. The van der Waals surface area contributed by atoms with Gasteiger partial charge in [-0.2, -0.15) is 4.37 Å². The van der Waals surface area contributed by atoms with Gasteiger partial charge in [-0.1, -0.05) is 25.6 Å². The first-order valence-electron chi connectivity index (χ1n) is 7.39. The zero-order valence-corrected chi connectivity index (χ0v) is 16.2. The quantitative estimate of drug-likeness (QED) is 0.634. The van der Waals surface area contributed by atoms with Crippen LogP contribution in [-0.4, -0.2) is 22.9 Å². The van der Waals surface area contributed by atoms with Gasteiger partial charge in [-0.15, -0.1) is 11.3 Å². The lowest BCUT2D eigenvalue weighted by Crippen LogP contribution is -2.32. The smallest absolute Gasteiger partial charge is 0.319 e. The normalized spacial score (nSPS) is 10.8. The van der Waals surface area contributed by atoms with E-state index in [0.717, 1.165) is 11.5 Å². The van der Waals surface area contributed by atoms with Crippen molar-refractivity contribution in [2.24, 2.45) is 11.7 Å². The molecule has 0 fully saturated rings. The number of carbonyl (C=O) groups is 2. The minimum atomic E-state index is -0.590. The predicted octanol–water partition coefficient (Wildman–Crippen LogP) is 3.68. The van der Waals surface area contributed by atoms with E-state index in [2.05, 4.69) is 27.1 Å². The number of nitrogens with two attached hydrogens (primary N) is 1. The zero-order chi connectivity index (χ0) is 17.7. The third-order valence-electron chi connectivity index (χ3n) is 2.95. The SMILES string of the molecule is Cc1ccc(CSc2nsc(NC(=O)NCC(C)C)c2C(N)=O)s1. The molecule has 0 unspecified atom stereocenters. The number of nitrogens with zero attached hydrogens (tertiary/aromatic N) is 1. The van der Waals surface area contributed by atoms with Gasteiger partial charge >= 0.3 is 6.03 Å². The van der Waals surface area contributed by atoms with Crippen LogP contribution in [0.4, 0.5) is 9.80 Å². The highest BCUT2D eigenvalue weighted by atomic mass is 32.2. The van der Waals surface area contributed by atoms with Gasteiger partial charge in [0.2, 0.25) is 0 Å². The number of carbonyl (C=O) groups excluding carboxylic acids is 2. The van der Waals surface area contributed by atoms with E-state index in [-0.39, 0.29) is 11.6 Å². The maximum Gasteiger partial charge on any atom is 0.319 e. The van der Waals surface area contributed by atoms with Crippen LogP contribution >= 0.6 is 34.6 Å². The predicted molar refractivity (Wildman–Crippen MR) is 101 cm³/mol. The standard InChI is InChI=1S/C15H20N4O2S3/c1-8(2)6-17-15(21)18-13-11(12(16)20)14(19-24-13)22-7-10-5-4-9(3)23-10/h4-5,8H,6-7H2,1-3H3,(H2,16,20)(H2,17,18,21). The van der Waals surface area contributed by atoms with Gasteiger partial charge in [-0.25, -0.2) is 4.79 Å². The summed E-state index contributed by atoms with van der Waals surface area (Å²) in [6.45, 7) is 6.61. The van der Waals surface area contributed by atoms with Crippen molar-refractivity contribution in [2.75, 3.05) is 11.9 Å². The molecule has 2 aromatic heterocycles. The summed E-state index contributed by atoms with van der Waals surface area (Å²) in [7, 11) is 0. The molecule has 2 aromatic rings. The number of thioether (sulfide) groups is 1. The molecule has 3 amide bonds. The number of thiophene rings is 1. The van der Waals surface area contributed by atoms with Crippen molar-refractivity contribution in [1.82, 2.24) is 9.69 Å². The molecule has 0 saturated carbocycles. The van der Waals surface area contributed by atoms with Crippen molar-refractivity contribution in [1.29, 1.82) is 0 Å². The molecule has 0 spiro atoms. The van der Waals surface area contributed by atoms with Crippen LogP contribution in [0.3, 0.4) is 0 Å². The minimum Gasteiger partial charge on any atom is -0.365 e. The number of nitrogens with one attached hydrogen (secondary N) is 2. The van der Waals surface area contributed by atoms with E-state index < -0.39 is 5.91 Å². The van der Waals surface area contributed by atoms with Gasteiger partial charge < -0.3 is 11.1 Å². The monoisotopic (exact) mass is 384 g/mol. The van der Waals surface area contributed by atoms with Crippen molar-refractivity contribution in [3.8, 4) is 0 Å². The topological polar surface area (TPSA) is 97.1 Å². The van der Waals surface area contributed by atoms with Gasteiger partial charge in [0.25, 0.3) is 5.91 Å². The van der Waals surface area contributed by atoms with Crippen molar-refractivity contribution in [3.05, 3.63) is 27.5 Å². The van der Waals surface area contributed by atoms with Crippen LogP contribution in [0.5, 0.6) is 0 Å². The molecule has 0 atom stereocenters. The first kappa shape index (κ1) is 18.8. The summed E-state index contributed by atoms with van der Waals surface area (Å²) in [5.41, 5.74) is 5.75. The van der Waals surface area contributed by atoms with Gasteiger partial charge in [0.15, 0.2) is 0 Å². The average molecular weight is 385 g/mol. The van der Waals surface area contributed by atoms with E-state index in [4.69, 9.17) is 5.73 Å². The summed E-state index contributed by atoms with van der Waals surface area (Å²) >= 11 is 4.22. The zero-order valence-electron chi connectivity index (χ0n) is 13.7. The molecule has 0 aliphatic rings. The van der Waals surface area contributed by atoms with Gasteiger partial charge in [0.1, 0.15) is 15.6 Å². The molecule has 2 rings (SSSR count). The lowest BCUT2D eigenvalue weighted by atomic mass is 10.2. The second-order valence-electron chi connectivity index (χ2n) is 5.59. The third-order valence-corrected chi connectivity index (χ3v) is 6.04. The fraction of sp³-hybridized carbons (Fsp3) is 0.400. The molecule has 0 radical (unpaired) electrons. The van der Waals surface area contributed by atoms with E-state index in [9.17, 15) is 9.59 Å². The minimum absolute atomic E-state index is 0.276. The highest BCUT2D eigenvalue weighted by Gasteiger charge is 2.21. The number of hydrogen-bond donors (Lipinski definition) is 3. The van der Waals surface area contributed by atoms with Crippen LogP contribution in [-0.2, 0) is 5.75 Å². The molecule has 0 bridgehead atoms. The first-order valence-corrected chi connectivity index (χ1v) is 9.96. The Hall–Kier alpha value is -1.58. The summed E-state index contributed by atoms with van der Waals surface area (Å²) in [5.74, 6) is 0.461. The van der Waals surface area contributed by atoms with Crippen LogP contribution in [0, 0.1) is 12.8 Å². The van der Waals surface area contributed by atoms with Crippen LogP contribution in [0.2, 0.25) is 0 Å². The summed E-state index contributed by atoms with van der Waals surface area (Å²) in [6.07, 6.45) is 0. The Morgan fingerprint density at radius 1 is 1.38 bits per heavy atom. The Labute approximate surface area is 153 Å². The molecular formula is C15H20N4O2S3. The summed E-state index contributed by atoms with van der Waals surface area (Å²) < 4.78 is 4.27. The largest absolute Gasteiger partial charge is 0.365 e. The Bertz CT molecular complexity index is 724. The molecule has 0 saturated heterocycles. The Morgan fingerprint density at radius 3 is 2.71 bits per heavy atom. The molecule has 9 heteroatoms. The van der Waals surface area contributed by atoms with Crippen LogP contribution in [0.25, 0.3) is 0 Å². The van der Waals surface area contributed by atoms with E-state index in [0.29, 0.717) is 28.2 Å². The first-order chi connectivity index (χ1) is 11.4. The number of aromatic nitrogens is 1. The number of aryl methyl sites for hydroxylation is 1. The Balaban J connectivity index is 2.06. The van der Waals surface area contributed by atoms with E-state index in [1.54, 1.807) is 11.3 Å². The Kier molecular flexibility index (Phi) is 6.64. The van der Waals surface area contributed by atoms with Gasteiger partial charge in [-0.05, 0) is 36.5 Å². The Morgan fingerprint density at radius 2 is 2.12 bits per heavy atom. The number of anilines is 1. The third kappa shape index (κ3) is 5.22. The van der Waals surface area contributed by atoms with Crippen molar-refractivity contribution in [2.45, 2.75) is 31.6 Å². The van der Waals surface area contributed by atoms with Gasteiger partial charge in [0.05, 0.1) is 0 Å². The molecule has 0 aliphatic heterocycles. The molecule has 130 valence electrons. The van der Waals surface area contributed by atoms with Crippen LogP contribution in [0.1, 0.15) is 34.0 Å². The van der Waals surface area contributed by atoms with E-state index in [1.807, 2.05) is 20.8 Å². The molecule has 2 heterocycles. The van der Waals surface area contributed by atoms with Crippen molar-refractivity contribution < 1.29 is 9.59 Å². The maximum absolute atomic E-state index is 11.9. The lowest BCUT2D eigenvalue weighted by molar-refractivity contribution is 0.0998. The highest BCUT2D eigenvalue weighted by molar-refractivity contribution is 7.98. The maximum atomic E-state index is 11.9. The van der Waals surface area contributed by atoms with Gasteiger partial charge in [-0.3, -0.25) is 10.1 Å². The van der Waals surface area contributed by atoms with Crippen LogP contribution < -0.4 is 16.4 Å². The number of hydrogen-bond acceptors (Lipinski definition) is 6. The van der Waals surface area contributed by atoms with Crippen molar-refractivity contribution >= 4 is 51.6 Å². The second kappa shape index (κ2) is 8.50. The molecule has 0 aromatic carbocycles. The number of rotatable bonds is 7. The van der Waals surface area contributed by atoms with E-state index in [1.165, 1.54) is 21.5 Å². The van der Waals surface area contributed by atoms with Gasteiger partial charge in [0, 0.05) is 22.1 Å². The number of primary amides is 1. The summed E-state index contributed by atoms with van der Waals surface area (Å²) in [4.78, 5) is 26.1. The van der Waals surface area contributed by atoms with Crippen molar-refractivity contribution in [3.63, 3.8) is 0 Å². The lowest BCUT2D eigenvalue weighted by Gasteiger charge is -2.08. The summed E-state index contributed by atoms with van der Waals surface area (Å²) in [5, 5.41) is 6.34. The number of urea groups is 1. The summed E-state index contributed by atoms with van der Waals surface area (Å²) in [6, 6.07) is 3.75. The highest BCUT2D eigenvalue weighted by Crippen LogP contribution is 2.34. The van der Waals surface area contributed by atoms with Crippen LogP contribution in [0.15, 0.2) is 17.2 Å². The molecular weight excluding hydrogens is 364 g/mol. The fourth-order valence-electron chi connectivity index (χ4n) is 1.82. The fourth-order valence-corrected chi connectivity index (χ4v) is 4.72.